The van der Waals surface area contributed by atoms with Gasteiger partial charge in [-0.3, -0.25) is 4.79 Å². The summed E-state index contributed by atoms with van der Waals surface area (Å²) in [5, 5.41) is 31.8. The van der Waals surface area contributed by atoms with Crippen molar-refractivity contribution in [1.82, 2.24) is 5.32 Å². The SMILES string of the molecule is CC(=O)N[C@@H]1[C@H](Oc2ccc(Br)cc2)O[C@H](CO)[C@H](O)[C@H]1O. The molecule has 1 amide bonds. The molecule has 22 heavy (non-hydrogen) atoms. The topological polar surface area (TPSA) is 108 Å². The molecule has 0 aromatic heterocycles. The molecule has 0 unspecified atom stereocenters. The number of rotatable bonds is 4. The quantitative estimate of drug-likeness (QED) is 0.578. The fourth-order valence-electron chi connectivity index (χ4n) is 2.22. The number of nitrogens with one attached hydrogen (secondary N) is 1. The largest absolute Gasteiger partial charge is 0.463 e. The second-order valence-electron chi connectivity index (χ2n) is 5.00. The maximum absolute atomic E-state index is 11.3. The number of carbonyl (C=O) groups excluding carboxylic acids is 1. The van der Waals surface area contributed by atoms with E-state index >= 15 is 0 Å². The molecule has 7 nitrogen and oxygen atoms in total. The Morgan fingerprint density at radius 3 is 2.50 bits per heavy atom. The highest BCUT2D eigenvalue weighted by atomic mass is 79.9. The van der Waals surface area contributed by atoms with Crippen LogP contribution in [0.4, 0.5) is 0 Å². The van der Waals surface area contributed by atoms with Gasteiger partial charge in [0.15, 0.2) is 0 Å². The Morgan fingerprint density at radius 1 is 1.32 bits per heavy atom. The van der Waals surface area contributed by atoms with E-state index in [0.29, 0.717) is 5.75 Å². The van der Waals surface area contributed by atoms with Crippen LogP contribution in [0.5, 0.6) is 5.75 Å². The minimum absolute atomic E-state index is 0.397. The fourth-order valence-corrected chi connectivity index (χ4v) is 2.48. The number of halogens is 1. The lowest BCUT2D eigenvalue weighted by molar-refractivity contribution is -0.244. The number of aliphatic hydroxyl groups excluding tert-OH is 3. The Bertz CT molecular complexity index is 511. The lowest BCUT2D eigenvalue weighted by Crippen LogP contribution is -2.65. The van der Waals surface area contributed by atoms with E-state index < -0.39 is 43.2 Å². The number of aliphatic hydroxyl groups is 3. The molecule has 0 aliphatic carbocycles. The molecule has 1 fully saturated rings. The zero-order chi connectivity index (χ0) is 16.3. The molecule has 1 aliphatic rings. The van der Waals surface area contributed by atoms with Gasteiger partial charge < -0.3 is 30.1 Å². The van der Waals surface area contributed by atoms with Crippen LogP contribution in [0, 0.1) is 0 Å². The van der Waals surface area contributed by atoms with Gasteiger partial charge in [-0.25, -0.2) is 0 Å². The van der Waals surface area contributed by atoms with Gasteiger partial charge in [-0.1, -0.05) is 15.9 Å². The van der Waals surface area contributed by atoms with Gasteiger partial charge in [-0.2, -0.15) is 0 Å². The third-order valence-corrected chi connectivity index (χ3v) is 3.85. The number of ether oxygens (including phenoxy) is 2. The first-order valence-corrected chi connectivity index (χ1v) is 7.53. The normalized spacial score (nSPS) is 31.6. The highest BCUT2D eigenvalue weighted by Crippen LogP contribution is 2.25. The maximum Gasteiger partial charge on any atom is 0.223 e. The van der Waals surface area contributed by atoms with Gasteiger partial charge in [-0.05, 0) is 24.3 Å². The van der Waals surface area contributed by atoms with Crippen LogP contribution in [0.1, 0.15) is 6.92 Å². The summed E-state index contributed by atoms with van der Waals surface area (Å²) in [4.78, 5) is 11.3. The molecule has 1 aliphatic heterocycles. The van der Waals surface area contributed by atoms with Crippen molar-refractivity contribution in [2.75, 3.05) is 6.61 Å². The maximum atomic E-state index is 11.3. The van der Waals surface area contributed by atoms with Gasteiger partial charge in [0.05, 0.1) is 6.61 Å². The van der Waals surface area contributed by atoms with Crippen LogP contribution in [0.25, 0.3) is 0 Å². The van der Waals surface area contributed by atoms with Gasteiger partial charge in [0.25, 0.3) is 0 Å². The van der Waals surface area contributed by atoms with Crippen molar-refractivity contribution in [1.29, 1.82) is 0 Å². The van der Waals surface area contributed by atoms with E-state index in [-0.39, 0.29) is 0 Å². The molecule has 1 aromatic carbocycles. The number of amides is 1. The fraction of sp³-hybridized carbons (Fsp3) is 0.500. The number of benzene rings is 1. The Labute approximate surface area is 136 Å². The zero-order valence-corrected chi connectivity index (χ0v) is 13.4. The van der Waals surface area contributed by atoms with E-state index in [9.17, 15) is 20.1 Å². The first-order chi connectivity index (χ1) is 10.4. The van der Waals surface area contributed by atoms with Crippen LogP contribution in [0.2, 0.25) is 0 Å². The van der Waals surface area contributed by atoms with E-state index in [0.717, 1.165) is 4.47 Å². The van der Waals surface area contributed by atoms with Crippen molar-refractivity contribution in [3.8, 4) is 5.75 Å². The molecule has 122 valence electrons. The van der Waals surface area contributed by atoms with Crippen molar-refractivity contribution in [3.63, 3.8) is 0 Å². The van der Waals surface area contributed by atoms with Crippen molar-refractivity contribution in [3.05, 3.63) is 28.7 Å². The summed E-state index contributed by atoms with van der Waals surface area (Å²) in [5.74, 6) is 0.0653. The summed E-state index contributed by atoms with van der Waals surface area (Å²) in [5.41, 5.74) is 0. The third-order valence-electron chi connectivity index (χ3n) is 3.32. The van der Waals surface area contributed by atoms with E-state index in [4.69, 9.17) is 9.47 Å². The Hall–Kier alpha value is -1.19. The van der Waals surface area contributed by atoms with Gasteiger partial charge in [-0.15, -0.1) is 0 Å². The lowest BCUT2D eigenvalue weighted by Gasteiger charge is -2.42. The summed E-state index contributed by atoms with van der Waals surface area (Å²) < 4.78 is 12.0. The summed E-state index contributed by atoms with van der Waals surface area (Å²) in [6, 6.07) is 5.94. The number of hydrogen-bond donors (Lipinski definition) is 4. The highest BCUT2D eigenvalue weighted by Gasteiger charge is 2.46. The van der Waals surface area contributed by atoms with Crippen LogP contribution in [-0.2, 0) is 9.53 Å². The van der Waals surface area contributed by atoms with Crippen LogP contribution in [0.15, 0.2) is 28.7 Å². The minimum Gasteiger partial charge on any atom is -0.463 e. The van der Waals surface area contributed by atoms with E-state index in [2.05, 4.69) is 21.2 Å². The van der Waals surface area contributed by atoms with Crippen LogP contribution < -0.4 is 10.1 Å². The molecular weight excluding hydrogens is 358 g/mol. The van der Waals surface area contributed by atoms with Crippen molar-refractivity contribution >= 4 is 21.8 Å². The second kappa shape index (κ2) is 7.38. The lowest BCUT2D eigenvalue weighted by atomic mass is 9.97. The molecule has 0 bridgehead atoms. The number of carbonyl (C=O) groups is 1. The molecule has 0 spiro atoms. The average molecular weight is 376 g/mol. The standard InChI is InChI=1S/C14H18BrNO6/c1-7(18)16-11-13(20)12(19)10(6-17)22-14(11)21-9-4-2-8(15)3-5-9/h2-5,10-14,17,19-20H,6H2,1H3,(H,16,18)/t10-,11+,12+,13+,14-/m1/s1. The van der Waals surface area contributed by atoms with Crippen LogP contribution in [-0.4, -0.2) is 58.5 Å². The molecule has 1 aromatic rings. The Kier molecular flexibility index (Phi) is 5.76. The molecule has 1 heterocycles. The zero-order valence-electron chi connectivity index (χ0n) is 11.8. The first kappa shape index (κ1) is 17.2. The molecule has 0 radical (unpaired) electrons. The molecule has 2 rings (SSSR count). The molecule has 8 heteroatoms. The number of hydrogen-bond acceptors (Lipinski definition) is 6. The van der Waals surface area contributed by atoms with E-state index in [1.165, 1.54) is 6.92 Å². The average Bonchev–Trinajstić information content (AvgIpc) is 2.48. The monoisotopic (exact) mass is 375 g/mol. The van der Waals surface area contributed by atoms with Gasteiger partial charge in [0.1, 0.15) is 30.1 Å². The minimum atomic E-state index is -1.33. The van der Waals surface area contributed by atoms with Crippen LogP contribution >= 0.6 is 15.9 Å². The first-order valence-electron chi connectivity index (χ1n) is 6.74. The summed E-state index contributed by atoms with van der Waals surface area (Å²) in [6.07, 6.45) is -4.69. The molecular formula is C14H18BrNO6. The second-order valence-corrected chi connectivity index (χ2v) is 5.92. The van der Waals surface area contributed by atoms with Crippen molar-refractivity contribution in [2.24, 2.45) is 0 Å². The van der Waals surface area contributed by atoms with Crippen LogP contribution in [0.3, 0.4) is 0 Å². The summed E-state index contributed by atoms with van der Waals surface area (Å²) in [6.45, 7) is 0.805. The smallest absolute Gasteiger partial charge is 0.223 e. The Morgan fingerprint density at radius 2 is 1.95 bits per heavy atom. The third kappa shape index (κ3) is 3.96. The Balaban J connectivity index is 2.18. The summed E-state index contributed by atoms with van der Waals surface area (Å²) >= 11 is 3.30. The van der Waals surface area contributed by atoms with Gasteiger partial charge in [0, 0.05) is 11.4 Å². The van der Waals surface area contributed by atoms with E-state index in [1.807, 2.05) is 0 Å². The molecule has 0 saturated carbocycles. The van der Waals surface area contributed by atoms with Crippen molar-refractivity contribution in [2.45, 2.75) is 37.6 Å². The summed E-state index contributed by atoms with van der Waals surface area (Å²) in [7, 11) is 0. The highest BCUT2D eigenvalue weighted by molar-refractivity contribution is 9.10. The predicted molar refractivity (Wildman–Crippen MR) is 80.1 cm³/mol. The predicted octanol–water partition coefficient (Wildman–Crippen LogP) is -0.228. The molecule has 1 saturated heterocycles. The molecule has 4 N–H and O–H groups in total. The molecule has 5 atom stereocenters. The van der Waals surface area contributed by atoms with Gasteiger partial charge >= 0.3 is 0 Å². The van der Waals surface area contributed by atoms with E-state index in [1.54, 1.807) is 24.3 Å². The van der Waals surface area contributed by atoms with Gasteiger partial charge in [0.2, 0.25) is 12.2 Å². The van der Waals surface area contributed by atoms with Crippen molar-refractivity contribution < 1.29 is 29.6 Å².